The van der Waals surface area contributed by atoms with Crippen LogP contribution in [-0.4, -0.2) is 23.8 Å². The van der Waals surface area contributed by atoms with Crippen LogP contribution >= 0.6 is 0 Å². The first-order valence-electron chi connectivity index (χ1n) is 10.6. The molecule has 164 valence electrons. The standard InChI is InChI=1S/C27H27NO4/c1-18-13-14-19(2)23(17-18)25(29)15-16-26(30)32-20(3)27(31)28-24-12-8-7-11-22(24)21-9-5-4-6-10-21/h4-14,17,20H,15-16H2,1-3H3,(H,28,31). The number of ketones is 1. The summed E-state index contributed by atoms with van der Waals surface area (Å²) in [5, 5.41) is 2.84. The SMILES string of the molecule is Cc1ccc(C)c(C(=O)CCC(=O)OC(C)C(=O)Nc2ccccc2-c2ccccc2)c1. The lowest BCUT2D eigenvalue weighted by Gasteiger charge is -2.16. The van der Waals surface area contributed by atoms with Gasteiger partial charge < -0.3 is 10.1 Å². The highest BCUT2D eigenvalue weighted by molar-refractivity contribution is 6.00. The van der Waals surface area contributed by atoms with Gasteiger partial charge in [0.05, 0.1) is 6.42 Å². The van der Waals surface area contributed by atoms with Crippen molar-refractivity contribution >= 4 is 23.3 Å². The molecule has 0 saturated carbocycles. The fourth-order valence-corrected chi connectivity index (χ4v) is 3.39. The number of ether oxygens (including phenoxy) is 1. The monoisotopic (exact) mass is 429 g/mol. The summed E-state index contributed by atoms with van der Waals surface area (Å²) in [5.41, 5.74) is 4.95. The first-order chi connectivity index (χ1) is 15.3. The van der Waals surface area contributed by atoms with Gasteiger partial charge in [-0.15, -0.1) is 0 Å². The van der Waals surface area contributed by atoms with Crippen LogP contribution in [0.2, 0.25) is 0 Å². The van der Waals surface area contributed by atoms with E-state index in [0.717, 1.165) is 22.3 Å². The van der Waals surface area contributed by atoms with Crippen LogP contribution in [0, 0.1) is 13.8 Å². The van der Waals surface area contributed by atoms with Gasteiger partial charge in [-0.1, -0.05) is 66.2 Å². The van der Waals surface area contributed by atoms with E-state index < -0.39 is 18.0 Å². The Kier molecular flexibility index (Phi) is 7.55. The number of benzene rings is 3. The van der Waals surface area contributed by atoms with Crippen molar-refractivity contribution in [3.05, 3.63) is 89.5 Å². The average molecular weight is 430 g/mol. The molecular formula is C27H27NO4. The van der Waals surface area contributed by atoms with Gasteiger partial charge in [-0.25, -0.2) is 0 Å². The summed E-state index contributed by atoms with van der Waals surface area (Å²) in [6, 6.07) is 22.8. The fraction of sp³-hybridized carbons (Fsp3) is 0.222. The number of hydrogen-bond acceptors (Lipinski definition) is 4. The van der Waals surface area contributed by atoms with Crippen LogP contribution in [0.3, 0.4) is 0 Å². The van der Waals surface area contributed by atoms with Crippen LogP contribution < -0.4 is 5.32 Å². The van der Waals surface area contributed by atoms with Gasteiger partial charge in [0.15, 0.2) is 11.9 Å². The molecule has 1 atom stereocenters. The highest BCUT2D eigenvalue weighted by atomic mass is 16.5. The van der Waals surface area contributed by atoms with E-state index in [9.17, 15) is 14.4 Å². The molecule has 0 aliphatic heterocycles. The normalized spacial score (nSPS) is 11.5. The Bertz CT molecular complexity index is 1120. The second-order valence-electron chi connectivity index (χ2n) is 7.77. The van der Waals surface area contributed by atoms with Gasteiger partial charge in [-0.3, -0.25) is 14.4 Å². The maximum absolute atomic E-state index is 12.6. The molecule has 0 heterocycles. The molecular weight excluding hydrogens is 402 g/mol. The molecule has 3 aromatic rings. The molecule has 5 nitrogen and oxygen atoms in total. The number of carbonyl (C=O) groups is 3. The van der Waals surface area contributed by atoms with E-state index in [0.29, 0.717) is 11.3 Å². The largest absolute Gasteiger partial charge is 0.453 e. The second kappa shape index (κ2) is 10.5. The minimum absolute atomic E-state index is 0.0360. The molecule has 0 fully saturated rings. The quantitative estimate of drug-likeness (QED) is 0.379. The third-order valence-electron chi connectivity index (χ3n) is 5.20. The molecule has 1 unspecified atom stereocenters. The molecule has 3 rings (SSSR count). The molecule has 0 aromatic heterocycles. The first-order valence-corrected chi connectivity index (χ1v) is 10.6. The van der Waals surface area contributed by atoms with Crippen LogP contribution in [0.25, 0.3) is 11.1 Å². The molecule has 3 aromatic carbocycles. The smallest absolute Gasteiger partial charge is 0.307 e. The summed E-state index contributed by atoms with van der Waals surface area (Å²) in [6.45, 7) is 5.30. The highest BCUT2D eigenvalue weighted by Crippen LogP contribution is 2.27. The minimum Gasteiger partial charge on any atom is -0.453 e. The zero-order valence-corrected chi connectivity index (χ0v) is 18.6. The predicted octanol–water partition coefficient (Wildman–Crippen LogP) is 5.50. The number of aryl methyl sites for hydroxylation is 2. The Morgan fingerprint density at radius 1 is 0.875 bits per heavy atom. The summed E-state index contributed by atoms with van der Waals surface area (Å²) in [5.74, 6) is -1.12. The summed E-state index contributed by atoms with van der Waals surface area (Å²) in [6.07, 6.45) is -1.03. The zero-order valence-electron chi connectivity index (χ0n) is 18.6. The highest BCUT2D eigenvalue weighted by Gasteiger charge is 2.20. The Hall–Kier alpha value is -3.73. The summed E-state index contributed by atoms with van der Waals surface area (Å²) >= 11 is 0. The number of hydrogen-bond donors (Lipinski definition) is 1. The number of carbonyl (C=O) groups excluding carboxylic acids is 3. The van der Waals surface area contributed by atoms with Crippen molar-refractivity contribution in [2.45, 2.75) is 39.7 Å². The lowest BCUT2D eigenvalue weighted by atomic mass is 9.99. The Labute approximate surface area is 188 Å². The maximum atomic E-state index is 12.6. The van der Waals surface area contributed by atoms with Crippen molar-refractivity contribution < 1.29 is 19.1 Å². The minimum atomic E-state index is -0.984. The van der Waals surface area contributed by atoms with E-state index in [1.807, 2.05) is 80.6 Å². The predicted molar refractivity (Wildman–Crippen MR) is 126 cm³/mol. The number of esters is 1. The van der Waals surface area contributed by atoms with Crippen LogP contribution in [0.15, 0.2) is 72.8 Å². The van der Waals surface area contributed by atoms with Gasteiger partial charge in [0.1, 0.15) is 0 Å². The molecule has 0 spiro atoms. The number of anilines is 1. The molecule has 0 bridgehead atoms. The van der Waals surface area contributed by atoms with E-state index in [4.69, 9.17) is 4.74 Å². The molecule has 5 heteroatoms. The molecule has 1 N–H and O–H groups in total. The van der Waals surface area contributed by atoms with Crippen molar-refractivity contribution in [3.8, 4) is 11.1 Å². The number of para-hydroxylation sites is 1. The summed E-state index contributed by atoms with van der Waals surface area (Å²) in [7, 11) is 0. The Balaban J connectivity index is 1.56. The van der Waals surface area contributed by atoms with Crippen molar-refractivity contribution in [2.75, 3.05) is 5.32 Å². The van der Waals surface area contributed by atoms with Crippen molar-refractivity contribution in [1.82, 2.24) is 0 Å². The number of Topliss-reactive ketones (excluding diaryl/α,β-unsaturated/α-hetero) is 1. The lowest BCUT2D eigenvalue weighted by Crippen LogP contribution is -2.30. The molecule has 0 aliphatic rings. The van der Waals surface area contributed by atoms with E-state index in [1.54, 1.807) is 6.07 Å². The van der Waals surface area contributed by atoms with Crippen molar-refractivity contribution in [3.63, 3.8) is 0 Å². The van der Waals surface area contributed by atoms with Gasteiger partial charge in [0, 0.05) is 23.2 Å². The van der Waals surface area contributed by atoms with Gasteiger partial charge in [0.25, 0.3) is 5.91 Å². The second-order valence-corrected chi connectivity index (χ2v) is 7.77. The van der Waals surface area contributed by atoms with E-state index in [-0.39, 0.29) is 18.6 Å². The molecule has 0 radical (unpaired) electrons. The molecule has 32 heavy (non-hydrogen) atoms. The first kappa shape index (κ1) is 22.9. The molecule has 0 aliphatic carbocycles. The van der Waals surface area contributed by atoms with Crippen molar-refractivity contribution in [2.24, 2.45) is 0 Å². The molecule has 1 amide bonds. The average Bonchev–Trinajstić information content (AvgIpc) is 2.80. The lowest BCUT2D eigenvalue weighted by molar-refractivity contribution is -0.153. The third-order valence-corrected chi connectivity index (χ3v) is 5.20. The van der Waals surface area contributed by atoms with E-state index in [1.165, 1.54) is 6.92 Å². The van der Waals surface area contributed by atoms with Crippen LogP contribution in [0.1, 0.15) is 41.3 Å². The van der Waals surface area contributed by atoms with E-state index >= 15 is 0 Å². The number of amides is 1. The van der Waals surface area contributed by atoms with Crippen LogP contribution in [0.5, 0.6) is 0 Å². The third kappa shape index (κ3) is 5.91. The fourth-order valence-electron chi connectivity index (χ4n) is 3.39. The van der Waals surface area contributed by atoms with Gasteiger partial charge >= 0.3 is 5.97 Å². The summed E-state index contributed by atoms with van der Waals surface area (Å²) in [4.78, 5) is 37.3. The number of nitrogens with one attached hydrogen (secondary N) is 1. The zero-order chi connectivity index (χ0) is 23.1. The molecule has 0 saturated heterocycles. The van der Waals surface area contributed by atoms with Crippen LogP contribution in [-0.2, 0) is 14.3 Å². The van der Waals surface area contributed by atoms with Gasteiger partial charge in [0.2, 0.25) is 0 Å². The number of rotatable bonds is 8. The van der Waals surface area contributed by atoms with Gasteiger partial charge in [-0.2, -0.15) is 0 Å². The van der Waals surface area contributed by atoms with E-state index in [2.05, 4.69) is 5.32 Å². The Morgan fingerprint density at radius 3 is 2.31 bits per heavy atom. The van der Waals surface area contributed by atoms with Crippen LogP contribution in [0.4, 0.5) is 5.69 Å². The van der Waals surface area contributed by atoms with Gasteiger partial charge in [-0.05, 0) is 44.0 Å². The maximum Gasteiger partial charge on any atom is 0.307 e. The topological polar surface area (TPSA) is 72.5 Å². The summed E-state index contributed by atoms with van der Waals surface area (Å²) < 4.78 is 5.27. The van der Waals surface area contributed by atoms with Crippen molar-refractivity contribution in [1.29, 1.82) is 0 Å². The Morgan fingerprint density at radius 2 is 1.56 bits per heavy atom.